The molecule has 2 fully saturated rings. The summed E-state index contributed by atoms with van der Waals surface area (Å²) in [6.07, 6.45) is 20.0. The van der Waals surface area contributed by atoms with Crippen LogP contribution in [0.5, 0.6) is 0 Å². The molecule has 2 aliphatic carbocycles. The number of carboxylic acid groups (broad SMARTS) is 1. The summed E-state index contributed by atoms with van der Waals surface area (Å²) in [7, 11) is 0. The van der Waals surface area contributed by atoms with Crippen molar-refractivity contribution in [1.82, 2.24) is 0 Å². The minimum absolute atomic E-state index is 0.0708. The first-order chi connectivity index (χ1) is 10.2. The summed E-state index contributed by atoms with van der Waals surface area (Å²) in [6.45, 7) is 0. The van der Waals surface area contributed by atoms with Crippen LogP contribution in [0.25, 0.3) is 0 Å². The number of carboxylic acids is 1. The first-order valence-electron chi connectivity index (χ1n) is 9.47. The van der Waals surface area contributed by atoms with Crippen LogP contribution in [0, 0.1) is 11.3 Å². The molecule has 0 radical (unpaired) electrons. The lowest BCUT2D eigenvalue weighted by Crippen LogP contribution is -2.38. The van der Waals surface area contributed by atoms with E-state index in [1.54, 1.807) is 0 Å². The molecule has 0 bridgehead atoms. The predicted octanol–water partition coefficient (Wildman–Crippen LogP) is 5.94. The van der Waals surface area contributed by atoms with Gasteiger partial charge < -0.3 is 5.11 Å². The molecule has 1 spiro atoms. The normalized spacial score (nSPS) is 29.0. The molecule has 0 aliphatic heterocycles. The fourth-order valence-electron chi connectivity index (χ4n) is 4.78. The molecule has 2 heteroatoms. The Kier molecular flexibility index (Phi) is 7.06. The van der Waals surface area contributed by atoms with E-state index in [1.165, 1.54) is 89.9 Å². The fourth-order valence-corrected chi connectivity index (χ4v) is 4.78. The lowest BCUT2D eigenvalue weighted by atomic mass is 9.62. The standard InChI is InChI=1S/C19H34O2/c20-18(21)17-13-9-6-4-2-1-3-5-7-10-14-19(17)15-11-8-12-16-19/h17H,1-16H2,(H,20,21). The van der Waals surface area contributed by atoms with Crippen molar-refractivity contribution in [2.24, 2.45) is 11.3 Å². The zero-order valence-corrected chi connectivity index (χ0v) is 13.7. The molecule has 2 aliphatic rings. The van der Waals surface area contributed by atoms with Gasteiger partial charge in [0.25, 0.3) is 0 Å². The van der Waals surface area contributed by atoms with Crippen molar-refractivity contribution in [3.63, 3.8) is 0 Å². The van der Waals surface area contributed by atoms with Crippen molar-refractivity contribution >= 4 is 5.97 Å². The van der Waals surface area contributed by atoms with Crippen molar-refractivity contribution in [1.29, 1.82) is 0 Å². The van der Waals surface area contributed by atoms with Crippen LogP contribution in [0.1, 0.15) is 103 Å². The highest BCUT2D eigenvalue weighted by molar-refractivity contribution is 5.71. The highest BCUT2D eigenvalue weighted by Gasteiger charge is 2.42. The highest BCUT2D eigenvalue weighted by Crippen LogP contribution is 2.48. The Hall–Kier alpha value is -0.530. The second-order valence-corrected chi connectivity index (χ2v) is 7.53. The van der Waals surface area contributed by atoms with Gasteiger partial charge in [-0.2, -0.15) is 0 Å². The molecular weight excluding hydrogens is 260 g/mol. The molecular formula is C19H34O2. The van der Waals surface area contributed by atoms with Crippen molar-refractivity contribution in [2.75, 3.05) is 0 Å². The Bertz CT molecular complexity index is 305. The van der Waals surface area contributed by atoms with Gasteiger partial charge in [0, 0.05) is 0 Å². The quantitative estimate of drug-likeness (QED) is 0.649. The van der Waals surface area contributed by atoms with Gasteiger partial charge in [-0.15, -0.1) is 0 Å². The number of hydrogen-bond acceptors (Lipinski definition) is 1. The molecule has 0 aromatic heterocycles. The van der Waals surface area contributed by atoms with Gasteiger partial charge in [-0.05, 0) is 31.1 Å². The maximum absolute atomic E-state index is 11.9. The van der Waals surface area contributed by atoms with Crippen LogP contribution in [-0.2, 0) is 4.79 Å². The van der Waals surface area contributed by atoms with E-state index in [-0.39, 0.29) is 11.3 Å². The topological polar surface area (TPSA) is 37.3 Å². The zero-order chi connectivity index (χ0) is 15.0. The smallest absolute Gasteiger partial charge is 0.307 e. The molecule has 0 aromatic carbocycles. The van der Waals surface area contributed by atoms with Gasteiger partial charge in [0.1, 0.15) is 0 Å². The number of hydrogen-bond donors (Lipinski definition) is 1. The van der Waals surface area contributed by atoms with E-state index in [0.717, 1.165) is 12.8 Å². The Labute approximate surface area is 130 Å². The van der Waals surface area contributed by atoms with Gasteiger partial charge in [-0.1, -0.05) is 77.0 Å². The van der Waals surface area contributed by atoms with Gasteiger partial charge in [-0.3, -0.25) is 4.79 Å². The lowest BCUT2D eigenvalue weighted by Gasteiger charge is -2.42. The minimum atomic E-state index is -0.508. The minimum Gasteiger partial charge on any atom is -0.481 e. The van der Waals surface area contributed by atoms with E-state index in [2.05, 4.69) is 0 Å². The van der Waals surface area contributed by atoms with Gasteiger partial charge >= 0.3 is 5.97 Å². The molecule has 2 rings (SSSR count). The maximum Gasteiger partial charge on any atom is 0.307 e. The Morgan fingerprint density at radius 1 is 0.667 bits per heavy atom. The molecule has 2 saturated carbocycles. The number of rotatable bonds is 1. The maximum atomic E-state index is 11.9. The van der Waals surface area contributed by atoms with Gasteiger partial charge in [-0.25, -0.2) is 0 Å². The second kappa shape index (κ2) is 8.80. The molecule has 122 valence electrons. The van der Waals surface area contributed by atoms with Crippen molar-refractivity contribution < 1.29 is 9.90 Å². The van der Waals surface area contributed by atoms with Crippen LogP contribution in [0.3, 0.4) is 0 Å². The second-order valence-electron chi connectivity index (χ2n) is 7.53. The SMILES string of the molecule is O=C(O)C1CCCCCCCCCCCC12CCCCC2. The third-order valence-corrected chi connectivity index (χ3v) is 6.05. The third-order valence-electron chi connectivity index (χ3n) is 6.05. The monoisotopic (exact) mass is 294 g/mol. The summed E-state index contributed by atoms with van der Waals surface area (Å²) >= 11 is 0. The van der Waals surface area contributed by atoms with Crippen molar-refractivity contribution in [3.05, 3.63) is 0 Å². The molecule has 2 nitrogen and oxygen atoms in total. The van der Waals surface area contributed by atoms with Crippen LogP contribution in [0.15, 0.2) is 0 Å². The average Bonchev–Trinajstić information content (AvgIpc) is 2.50. The average molecular weight is 294 g/mol. The summed E-state index contributed by atoms with van der Waals surface area (Å²) in [4.78, 5) is 11.9. The number of carbonyl (C=O) groups is 1. The summed E-state index contributed by atoms with van der Waals surface area (Å²) in [6, 6.07) is 0. The fraction of sp³-hybridized carbons (Fsp3) is 0.947. The molecule has 21 heavy (non-hydrogen) atoms. The lowest BCUT2D eigenvalue weighted by molar-refractivity contribution is -0.149. The van der Waals surface area contributed by atoms with E-state index >= 15 is 0 Å². The van der Waals surface area contributed by atoms with Gasteiger partial charge in [0.15, 0.2) is 0 Å². The van der Waals surface area contributed by atoms with E-state index < -0.39 is 5.97 Å². The molecule has 1 N–H and O–H groups in total. The van der Waals surface area contributed by atoms with Crippen LogP contribution in [-0.4, -0.2) is 11.1 Å². The largest absolute Gasteiger partial charge is 0.481 e. The Morgan fingerprint density at radius 2 is 1.05 bits per heavy atom. The van der Waals surface area contributed by atoms with E-state index in [1.807, 2.05) is 0 Å². The molecule has 0 saturated heterocycles. The molecule has 0 heterocycles. The van der Waals surface area contributed by atoms with Crippen LogP contribution in [0.4, 0.5) is 0 Å². The van der Waals surface area contributed by atoms with Crippen molar-refractivity contribution in [3.8, 4) is 0 Å². The molecule has 1 unspecified atom stereocenters. The number of aliphatic carboxylic acids is 1. The van der Waals surface area contributed by atoms with E-state index in [4.69, 9.17) is 0 Å². The van der Waals surface area contributed by atoms with Crippen LogP contribution < -0.4 is 0 Å². The van der Waals surface area contributed by atoms with E-state index in [0.29, 0.717) is 0 Å². The molecule has 0 aromatic rings. The van der Waals surface area contributed by atoms with Gasteiger partial charge in [0.05, 0.1) is 5.92 Å². The summed E-state index contributed by atoms with van der Waals surface area (Å²) < 4.78 is 0. The highest BCUT2D eigenvalue weighted by atomic mass is 16.4. The summed E-state index contributed by atoms with van der Waals surface area (Å²) in [5.41, 5.74) is 0.137. The van der Waals surface area contributed by atoms with Crippen LogP contribution >= 0.6 is 0 Å². The van der Waals surface area contributed by atoms with Crippen molar-refractivity contribution in [2.45, 2.75) is 103 Å². The molecule has 1 atom stereocenters. The zero-order valence-electron chi connectivity index (χ0n) is 13.7. The Balaban J connectivity index is 2.06. The Morgan fingerprint density at radius 3 is 1.52 bits per heavy atom. The first-order valence-corrected chi connectivity index (χ1v) is 9.47. The molecule has 0 amide bonds. The summed E-state index contributed by atoms with van der Waals surface area (Å²) in [5.74, 6) is -0.578. The van der Waals surface area contributed by atoms with E-state index in [9.17, 15) is 9.90 Å². The first kappa shape index (κ1) is 16.8. The van der Waals surface area contributed by atoms with Crippen LogP contribution in [0.2, 0.25) is 0 Å². The summed E-state index contributed by atoms with van der Waals surface area (Å²) in [5, 5.41) is 9.82. The third kappa shape index (κ3) is 5.00. The predicted molar refractivity (Wildman–Crippen MR) is 87.4 cm³/mol. The van der Waals surface area contributed by atoms with Gasteiger partial charge in [0.2, 0.25) is 0 Å².